The minimum Gasteiger partial charge on any atom is -0.346 e. The van der Waals surface area contributed by atoms with E-state index < -0.39 is 0 Å². The Morgan fingerprint density at radius 1 is 1.60 bits per heavy atom. The van der Waals surface area contributed by atoms with Crippen LogP contribution in [0.15, 0.2) is 24.9 Å². The van der Waals surface area contributed by atoms with Gasteiger partial charge in [-0.15, -0.1) is 0 Å². The Morgan fingerprint density at radius 3 is 2.80 bits per heavy atom. The van der Waals surface area contributed by atoms with Gasteiger partial charge in [0.25, 0.3) is 0 Å². The summed E-state index contributed by atoms with van der Waals surface area (Å²) in [6.07, 6.45) is 3.82. The first-order chi connectivity index (χ1) is 7.17. The number of nitrogens with zero attached hydrogens (tertiary/aromatic N) is 2. The molecular weight excluding hydrogens is 188 g/mol. The second kappa shape index (κ2) is 5.29. The summed E-state index contributed by atoms with van der Waals surface area (Å²) in [5.74, 6) is 0.0938. The summed E-state index contributed by atoms with van der Waals surface area (Å²) in [5.41, 5.74) is 1.76. The average molecular weight is 204 g/mol. The number of carbonyl (C=O) groups is 1. The highest BCUT2D eigenvalue weighted by atomic mass is 16.2. The van der Waals surface area contributed by atoms with Gasteiger partial charge in [-0.1, -0.05) is 18.7 Å². The van der Waals surface area contributed by atoms with E-state index >= 15 is 0 Å². The predicted octanol–water partition coefficient (Wildman–Crippen LogP) is 1.75. The molecule has 0 radical (unpaired) electrons. The van der Waals surface area contributed by atoms with Crippen molar-refractivity contribution >= 4 is 12.0 Å². The molecule has 1 heterocycles. The fraction of sp³-hybridized carbons (Fsp3) is 0.333. The van der Waals surface area contributed by atoms with Gasteiger partial charge in [0.05, 0.1) is 6.42 Å². The van der Waals surface area contributed by atoms with Crippen molar-refractivity contribution in [1.82, 2.24) is 9.88 Å². The zero-order valence-electron chi connectivity index (χ0n) is 9.23. The van der Waals surface area contributed by atoms with Crippen LogP contribution >= 0.6 is 0 Å². The summed E-state index contributed by atoms with van der Waals surface area (Å²) >= 11 is 0. The molecular formula is C12H16N2O. The lowest BCUT2D eigenvalue weighted by Gasteiger charge is -2.13. The summed E-state index contributed by atoms with van der Waals surface area (Å²) in [7, 11) is 1.79. The van der Waals surface area contributed by atoms with E-state index in [1.165, 1.54) is 0 Å². The van der Waals surface area contributed by atoms with Gasteiger partial charge in [0.1, 0.15) is 0 Å². The highest BCUT2D eigenvalue weighted by Crippen LogP contribution is 2.03. The molecule has 1 aromatic heterocycles. The van der Waals surface area contributed by atoms with Crippen molar-refractivity contribution in [3.05, 3.63) is 36.2 Å². The number of rotatable bonds is 4. The monoisotopic (exact) mass is 204 g/mol. The second-order valence-electron chi connectivity index (χ2n) is 3.37. The lowest BCUT2D eigenvalue weighted by molar-refractivity contribution is -0.129. The Hall–Kier alpha value is -1.64. The first-order valence-electron chi connectivity index (χ1n) is 4.98. The van der Waals surface area contributed by atoms with Gasteiger partial charge in [0, 0.05) is 25.5 Å². The van der Waals surface area contributed by atoms with Crippen LogP contribution in [0.1, 0.15) is 18.2 Å². The second-order valence-corrected chi connectivity index (χ2v) is 3.37. The van der Waals surface area contributed by atoms with Crippen LogP contribution in [0.3, 0.4) is 0 Å². The molecule has 1 amide bonds. The number of hydrogen-bond acceptors (Lipinski definition) is 2. The van der Waals surface area contributed by atoms with Crippen LogP contribution in [-0.4, -0.2) is 29.4 Å². The molecule has 0 saturated carbocycles. The first-order valence-corrected chi connectivity index (χ1v) is 4.98. The van der Waals surface area contributed by atoms with Crippen molar-refractivity contribution in [2.75, 3.05) is 13.6 Å². The minimum absolute atomic E-state index is 0.0938. The third-order valence-corrected chi connectivity index (χ3v) is 2.32. The maximum Gasteiger partial charge on any atom is 0.228 e. The van der Waals surface area contributed by atoms with E-state index in [1.807, 2.05) is 19.1 Å². The van der Waals surface area contributed by atoms with Crippen LogP contribution < -0.4 is 0 Å². The molecule has 1 aromatic rings. The van der Waals surface area contributed by atoms with Gasteiger partial charge >= 0.3 is 0 Å². The van der Waals surface area contributed by atoms with Crippen molar-refractivity contribution < 1.29 is 4.79 Å². The summed E-state index contributed by atoms with van der Waals surface area (Å²) < 4.78 is 0. The number of aromatic nitrogens is 1. The number of carbonyl (C=O) groups excluding carboxylic acids is 1. The van der Waals surface area contributed by atoms with Crippen molar-refractivity contribution in [3.8, 4) is 0 Å². The summed E-state index contributed by atoms with van der Waals surface area (Å²) in [6.45, 7) is 6.32. The highest BCUT2D eigenvalue weighted by Gasteiger charge is 2.07. The molecule has 3 heteroatoms. The molecule has 0 fully saturated rings. The van der Waals surface area contributed by atoms with Crippen LogP contribution in [-0.2, 0) is 11.2 Å². The van der Waals surface area contributed by atoms with Crippen LogP contribution in [0.4, 0.5) is 0 Å². The molecule has 15 heavy (non-hydrogen) atoms. The fourth-order valence-corrected chi connectivity index (χ4v) is 1.13. The maximum atomic E-state index is 11.6. The van der Waals surface area contributed by atoms with Crippen LogP contribution in [0.2, 0.25) is 0 Å². The molecule has 1 rings (SSSR count). The number of hydrogen-bond donors (Lipinski definition) is 0. The van der Waals surface area contributed by atoms with Gasteiger partial charge in [0.15, 0.2) is 0 Å². The van der Waals surface area contributed by atoms with E-state index in [2.05, 4.69) is 11.6 Å². The quantitative estimate of drug-likeness (QED) is 0.748. The Labute approximate surface area is 90.4 Å². The molecule has 0 aromatic carbocycles. The number of likely N-dealkylation sites (N-methyl/N-ethyl adjacent to an activating group) is 1. The van der Waals surface area contributed by atoms with Gasteiger partial charge in [-0.25, -0.2) is 0 Å². The SMILES string of the molecule is C=Cc1ccc(CC(=O)N(C)CC)nc1. The standard InChI is InChI=1S/C12H16N2O/c1-4-10-6-7-11(13-9-10)8-12(15)14(3)5-2/h4,6-7,9H,1,5,8H2,2-3H3. The molecule has 0 unspecified atom stereocenters. The van der Waals surface area contributed by atoms with Crippen molar-refractivity contribution in [3.63, 3.8) is 0 Å². The Bertz CT molecular complexity index is 343. The fourth-order valence-electron chi connectivity index (χ4n) is 1.13. The Kier molecular flexibility index (Phi) is 4.03. The van der Waals surface area contributed by atoms with Crippen molar-refractivity contribution in [2.24, 2.45) is 0 Å². The lowest BCUT2D eigenvalue weighted by Crippen LogP contribution is -2.27. The highest BCUT2D eigenvalue weighted by molar-refractivity contribution is 5.78. The van der Waals surface area contributed by atoms with E-state index in [-0.39, 0.29) is 5.91 Å². The normalized spacial score (nSPS) is 9.73. The zero-order valence-corrected chi connectivity index (χ0v) is 9.23. The van der Waals surface area contributed by atoms with Gasteiger partial charge in [-0.3, -0.25) is 9.78 Å². The number of pyridine rings is 1. The number of amides is 1. The molecule has 0 spiro atoms. The van der Waals surface area contributed by atoms with Crippen molar-refractivity contribution in [1.29, 1.82) is 0 Å². The van der Waals surface area contributed by atoms with Crippen LogP contribution in [0, 0.1) is 0 Å². The third-order valence-electron chi connectivity index (χ3n) is 2.32. The van der Waals surface area contributed by atoms with Gasteiger partial charge in [-0.05, 0) is 18.6 Å². The van der Waals surface area contributed by atoms with Crippen LogP contribution in [0.5, 0.6) is 0 Å². The predicted molar refractivity (Wildman–Crippen MR) is 61.3 cm³/mol. The van der Waals surface area contributed by atoms with Gasteiger partial charge in [0.2, 0.25) is 5.91 Å². The molecule has 0 aliphatic rings. The topological polar surface area (TPSA) is 33.2 Å². The first kappa shape index (κ1) is 11.4. The summed E-state index contributed by atoms with van der Waals surface area (Å²) in [6, 6.07) is 3.77. The third kappa shape index (κ3) is 3.20. The van der Waals surface area contributed by atoms with E-state index in [1.54, 1.807) is 24.2 Å². The lowest BCUT2D eigenvalue weighted by atomic mass is 10.2. The molecule has 0 atom stereocenters. The van der Waals surface area contributed by atoms with E-state index in [0.717, 1.165) is 17.8 Å². The molecule has 0 saturated heterocycles. The average Bonchev–Trinajstić information content (AvgIpc) is 2.29. The zero-order chi connectivity index (χ0) is 11.3. The summed E-state index contributed by atoms with van der Waals surface area (Å²) in [4.78, 5) is 17.4. The summed E-state index contributed by atoms with van der Waals surface area (Å²) in [5, 5.41) is 0. The van der Waals surface area contributed by atoms with Gasteiger partial charge in [-0.2, -0.15) is 0 Å². The van der Waals surface area contributed by atoms with E-state index in [9.17, 15) is 4.79 Å². The largest absolute Gasteiger partial charge is 0.346 e. The van der Waals surface area contributed by atoms with Gasteiger partial charge < -0.3 is 4.90 Å². The van der Waals surface area contributed by atoms with E-state index in [4.69, 9.17) is 0 Å². The molecule has 3 nitrogen and oxygen atoms in total. The molecule has 0 aliphatic heterocycles. The molecule has 0 N–H and O–H groups in total. The Morgan fingerprint density at radius 2 is 2.33 bits per heavy atom. The minimum atomic E-state index is 0.0938. The molecule has 0 aliphatic carbocycles. The molecule has 80 valence electrons. The Balaban J connectivity index is 2.65. The smallest absolute Gasteiger partial charge is 0.228 e. The maximum absolute atomic E-state index is 11.6. The molecule has 0 bridgehead atoms. The van der Waals surface area contributed by atoms with E-state index in [0.29, 0.717) is 6.42 Å². The van der Waals surface area contributed by atoms with Crippen molar-refractivity contribution in [2.45, 2.75) is 13.3 Å². The van der Waals surface area contributed by atoms with Crippen LogP contribution in [0.25, 0.3) is 6.08 Å².